The van der Waals surface area contributed by atoms with Crippen LogP contribution in [0.3, 0.4) is 0 Å². The van der Waals surface area contributed by atoms with Crippen LogP contribution in [0.5, 0.6) is 0 Å². The van der Waals surface area contributed by atoms with E-state index < -0.39 is 0 Å². The molecule has 8 aromatic rings. The zero-order chi connectivity index (χ0) is 47.9. The number of anilines is 6. The number of rotatable bonds is 4. The van der Waals surface area contributed by atoms with Gasteiger partial charge in [0.25, 0.3) is 6.71 Å². The Labute approximate surface area is 411 Å². The van der Waals surface area contributed by atoms with Crippen LogP contribution in [0, 0.1) is 0 Å². The second kappa shape index (κ2) is 15.3. The number of nitrogens with zero attached hydrogens (tertiary/aromatic N) is 2. The van der Waals surface area contributed by atoms with Crippen LogP contribution in [0.25, 0.3) is 32.3 Å². The molecule has 11 rings (SSSR count). The number of thiophene rings is 1. The molecule has 7 aromatic carbocycles. The van der Waals surface area contributed by atoms with Gasteiger partial charge in [-0.1, -0.05) is 193 Å². The van der Waals surface area contributed by atoms with Crippen molar-refractivity contribution in [3.63, 3.8) is 0 Å². The van der Waals surface area contributed by atoms with Crippen molar-refractivity contribution in [2.75, 3.05) is 9.80 Å². The highest BCUT2D eigenvalue weighted by atomic mass is 32.1. The first-order valence-corrected chi connectivity index (χ1v) is 25.8. The molecule has 1 aromatic heterocycles. The van der Waals surface area contributed by atoms with Gasteiger partial charge in [0.15, 0.2) is 0 Å². The molecule has 4 heteroatoms. The molecule has 0 fully saturated rings. The maximum Gasteiger partial charge on any atom is 0.264 e. The van der Waals surface area contributed by atoms with E-state index in [1.165, 1.54) is 123 Å². The summed E-state index contributed by atoms with van der Waals surface area (Å²) in [5.41, 5.74) is 22.2. The molecule has 0 spiro atoms. The van der Waals surface area contributed by atoms with Crippen LogP contribution >= 0.6 is 11.3 Å². The Morgan fingerprint density at radius 3 is 1.60 bits per heavy atom. The van der Waals surface area contributed by atoms with Gasteiger partial charge in [-0.2, -0.15) is 0 Å². The van der Waals surface area contributed by atoms with E-state index in [1.54, 1.807) is 0 Å². The van der Waals surface area contributed by atoms with Gasteiger partial charge < -0.3 is 9.80 Å². The monoisotopic (exact) mass is 907 g/mol. The fourth-order valence-corrected chi connectivity index (χ4v) is 12.9. The zero-order valence-corrected chi connectivity index (χ0v) is 43.5. The van der Waals surface area contributed by atoms with Gasteiger partial charge in [0.05, 0.1) is 11.4 Å². The van der Waals surface area contributed by atoms with Crippen LogP contribution in [0.15, 0.2) is 146 Å². The van der Waals surface area contributed by atoms with Crippen LogP contribution in [0.2, 0.25) is 0 Å². The Morgan fingerprint density at radius 2 is 1.01 bits per heavy atom. The predicted molar refractivity (Wildman–Crippen MR) is 298 cm³/mol. The summed E-state index contributed by atoms with van der Waals surface area (Å²) in [4.78, 5) is 5.41. The SMILES string of the molecule is CC(C)(C)c1ccc2c(c1)B1c3sc4ccc(C(C)(C)C)cc4c3N(c3ccc4c(c3)C(C)(C)CCC4(C)C)c3cc(C(C)(C)C)cc(c31)N2c1c(-c2ccccc2)cccc1-c1ccccc1. The number of fused-ring (bicyclic) bond motifs is 7. The number of para-hydroxylation sites is 1. The topological polar surface area (TPSA) is 6.48 Å². The second-order valence-corrected chi connectivity index (χ2v) is 25.6. The minimum atomic E-state index is -0.145. The van der Waals surface area contributed by atoms with E-state index >= 15 is 0 Å². The Bertz CT molecular complexity index is 3240. The first kappa shape index (κ1) is 44.7. The lowest BCUT2D eigenvalue weighted by Gasteiger charge is -2.46. The van der Waals surface area contributed by atoms with Gasteiger partial charge in [-0.15, -0.1) is 11.3 Å². The Morgan fingerprint density at radius 1 is 0.471 bits per heavy atom. The second-order valence-electron chi connectivity index (χ2n) is 24.5. The molecule has 2 aliphatic heterocycles. The molecule has 0 saturated heterocycles. The maximum atomic E-state index is 2.72. The summed E-state index contributed by atoms with van der Waals surface area (Å²) in [5, 5.41) is 1.35. The van der Waals surface area contributed by atoms with Crippen LogP contribution in [0.4, 0.5) is 34.1 Å². The normalized spacial score (nSPS) is 16.0. The van der Waals surface area contributed by atoms with Gasteiger partial charge in [-0.3, -0.25) is 0 Å². The van der Waals surface area contributed by atoms with Crippen molar-refractivity contribution in [1.29, 1.82) is 0 Å². The minimum absolute atomic E-state index is 0.00340. The summed E-state index contributed by atoms with van der Waals surface area (Å²) >= 11 is 2.01. The molecule has 0 saturated carbocycles. The number of hydrogen-bond donors (Lipinski definition) is 0. The van der Waals surface area contributed by atoms with Gasteiger partial charge >= 0.3 is 0 Å². The zero-order valence-electron chi connectivity index (χ0n) is 42.7. The molecule has 1 aliphatic carbocycles. The molecule has 3 aliphatic rings. The highest BCUT2D eigenvalue weighted by molar-refractivity contribution is 7.33. The summed E-state index contributed by atoms with van der Waals surface area (Å²) in [6.45, 7) is 31.2. The van der Waals surface area contributed by atoms with Crippen LogP contribution in [-0.2, 0) is 27.1 Å². The third-order valence-electron chi connectivity index (χ3n) is 15.8. The van der Waals surface area contributed by atoms with Crippen molar-refractivity contribution in [3.8, 4) is 22.3 Å². The van der Waals surface area contributed by atoms with Crippen LogP contribution in [-0.4, -0.2) is 6.71 Å². The highest BCUT2D eigenvalue weighted by Gasteiger charge is 2.48. The largest absolute Gasteiger partial charge is 0.310 e. The number of benzene rings is 7. The first-order chi connectivity index (χ1) is 32.1. The lowest BCUT2D eigenvalue weighted by molar-refractivity contribution is 0.332. The summed E-state index contributed by atoms with van der Waals surface area (Å²) in [6.07, 6.45) is 2.36. The van der Waals surface area contributed by atoms with Crippen molar-refractivity contribution in [1.82, 2.24) is 0 Å². The molecular formula is C64H67BN2S. The van der Waals surface area contributed by atoms with Crippen molar-refractivity contribution >= 4 is 78.0 Å². The Kier molecular flexibility index (Phi) is 10.1. The molecule has 3 heterocycles. The first-order valence-electron chi connectivity index (χ1n) is 25.0. The minimum Gasteiger partial charge on any atom is -0.310 e. The standard InChI is InChI=1S/C64H67BN2S/c1-60(2,3)42-28-32-55-48(35-42)58-59(68-55)65-51-36-43(61(4,5)6)27-31-52(51)67(57-46(40-21-16-14-17-22-40)25-20-26-47(57)41-23-18-15-19-24-41)54-38-44(62(7,8)9)37-53(56(54)65)66(58)45-29-30-49-50(39-45)64(12,13)34-33-63(49,10)11/h14-32,35-39H,33-34H2,1-13H3. The molecule has 0 radical (unpaired) electrons. The summed E-state index contributed by atoms with van der Waals surface area (Å²) in [6, 6.07) is 56.5. The fraction of sp³-hybridized carbons (Fsp3) is 0.312. The van der Waals surface area contributed by atoms with Gasteiger partial charge in [-0.05, 0) is 132 Å². The quantitative estimate of drug-likeness (QED) is 0.162. The third-order valence-corrected chi connectivity index (χ3v) is 17.0. The van der Waals surface area contributed by atoms with E-state index in [0.29, 0.717) is 0 Å². The maximum absolute atomic E-state index is 2.72. The predicted octanol–water partition coefficient (Wildman–Crippen LogP) is 16.6. The van der Waals surface area contributed by atoms with E-state index in [9.17, 15) is 0 Å². The van der Waals surface area contributed by atoms with Crippen molar-refractivity contribution in [2.24, 2.45) is 0 Å². The fourth-order valence-electron chi connectivity index (χ4n) is 11.6. The lowest BCUT2D eigenvalue weighted by atomic mass is 9.36. The van der Waals surface area contributed by atoms with Crippen molar-refractivity contribution in [2.45, 2.75) is 130 Å². The smallest absolute Gasteiger partial charge is 0.264 e. The third kappa shape index (κ3) is 7.11. The molecule has 68 heavy (non-hydrogen) atoms. The van der Waals surface area contributed by atoms with Gasteiger partial charge in [0.2, 0.25) is 0 Å². The molecule has 0 bridgehead atoms. The van der Waals surface area contributed by atoms with Crippen molar-refractivity contribution < 1.29 is 0 Å². The molecular weight excluding hydrogens is 840 g/mol. The molecule has 0 atom stereocenters. The Balaban J connectivity index is 1.32. The van der Waals surface area contributed by atoms with Crippen LogP contribution < -0.4 is 25.5 Å². The molecule has 0 amide bonds. The molecule has 2 nitrogen and oxygen atoms in total. The van der Waals surface area contributed by atoms with Gasteiger partial charge in [0, 0.05) is 48.7 Å². The van der Waals surface area contributed by atoms with E-state index in [4.69, 9.17) is 0 Å². The summed E-state index contributed by atoms with van der Waals surface area (Å²) < 4.78 is 2.77. The molecule has 0 N–H and O–H groups in total. The summed E-state index contributed by atoms with van der Waals surface area (Å²) in [5.74, 6) is 0. The van der Waals surface area contributed by atoms with E-state index in [2.05, 4.69) is 245 Å². The van der Waals surface area contributed by atoms with E-state index in [0.717, 1.165) is 0 Å². The van der Waals surface area contributed by atoms with Crippen molar-refractivity contribution in [3.05, 3.63) is 173 Å². The van der Waals surface area contributed by atoms with E-state index in [1.807, 2.05) is 11.3 Å². The number of hydrogen-bond acceptors (Lipinski definition) is 3. The summed E-state index contributed by atoms with van der Waals surface area (Å²) in [7, 11) is 0. The van der Waals surface area contributed by atoms with Crippen LogP contribution in [0.1, 0.15) is 131 Å². The highest BCUT2D eigenvalue weighted by Crippen LogP contribution is 2.54. The average Bonchev–Trinajstić information content (AvgIpc) is 3.68. The molecule has 0 unspecified atom stereocenters. The molecule has 342 valence electrons. The van der Waals surface area contributed by atoms with E-state index in [-0.39, 0.29) is 33.8 Å². The van der Waals surface area contributed by atoms with Gasteiger partial charge in [0.1, 0.15) is 0 Å². The van der Waals surface area contributed by atoms with Gasteiger partial charge in [-0.25, -0.2) is 0 Å². The lowest BCUT2D eigenvalue weighted by Crippen LogP contribution is -2.60. The average molecular weight is 907 g/mol. The Hall–Kier alpha value is -5.84.